The second-order valence-electron chi connectivity index (χ2n) is 6.70. The smallest absolute Gasteiger partial charge is 0.258 e. The van der Waals surface area contributed by atoms with E-state index in [1.165, 1.54) is 5.56 Å². The van der Waals surface area contributed by atoms with Gasteiger partial charge in [-0.15, -0.1) is 0 Å². The number of hydrogen-bond acceptors (Lipinski definition) is 5. The molecule has 0 unspecified atom stereocenters. The predicted molar refractivity (Wildman–Crippen MR) is 106 cm³/mol. The van der Waals surface area contributed by atoms with Crippen LogP contribution in [0.1, 0.15) is 16.8 Å². The van der Waals surface area contributed by atoms with Gasteiger partial charge in [-0.1, -0.05) is 12.1 Å². The average Bonchev–Trinajstić information content (AvgIpc) is 2.66. The van der Waals surface area contributed by atoms with Gasteiger partial charge >= 0.3 is 0 Å². The van der Waals surface area contributed by atoms with Gasteiger partial charge in [0, 0.05) is 25.4 Å². The van der Waals surface area contributed by atoms with Crippen LogP contribution in [0, 0.1) is 6.92 Å². The van der Waals surface area contributed by atoms with Crippen LogP contribution < -0.4 is 15.0 Å². The highest BCUT2D eigenvalue weighted by atomic mass is 16.5. The Labute approximate surface area is 159 Å². The van der Waals surface area contributed by atoms with Crippen LogP contribution >= 0.6 is 0 Å². The third-order valence-corrected chi connectivity index (χ3v) is 4.52. The van der Waals surface area contributed by atoms with Crippen molar-refractivity contribution >= 4 is 5.65 Å². The highest BCUT2D eigenvalue weighted by Crippen LogP contribution is 2.27. The first-order chi connectivity index (χ1) is 13.0. The molecule has 142 valence electrons. The first-order valence-electron chi connectivity index (χ1n) is 8.88. The van der Waals surface area contributed by atoms with E-state index < -0.39 is 0 Å². The highest BCUT2D eigenvalue weighted by Gasteiger charge is 2.08. The molecular weight excluding hydrogens is 342 g/mol. The molecule has 3 rings (SSSR count). The van der Waals surface area contributed by atoms with Crippen molar-refractivity contribution in [3.8, 4) is 11.5 Å². The Kier molecular flexibility index (Phi) is 5.76. The van der Waals surface area contributed by atoms with Crippen molar-refractivity contribution in [1.29, 1.82) is 0 Å². The van der Waals surface area contributed by atoms with Crippen LogP contribution in [0.5, 0.6) is 11.5 Å². The summed E-state index contributed by atoms with van der Waals surface area (Å²) in [6, 6.07) is 11.4. The van der Waals surface area contributed by atoms with Crippen molar-refractivity contribution in [2.75, 3.05) is 27.8 Å². The predicted octanol–water partition coefficient (Wildman–Crippen LogP) is 2.69. The van der Waals surface area contributed by atoms with Gasteiger partial charge in [0.1, 0.15) is 5.65 Å². The van der Waals surface area contributed by atoms with Crippen molar-refractivity contribution in [3.05, 3.63) is 69.8 Å². The van der Waals surface area contributed by atoms with Crippen molar-refractivity contribution in [3.63, 3.8) is 0 Å². The molecule has 3 aromatic rings. The van der Waals surface area contributed by atoms with Crippen molar-refractivity contribution in [1.82, 2.24) is 14.3 Å². The topological polar surface area (TPSA) is 56.1 Å². The molecule has 0 saturated heterocycles. The summed E-state index contributed by atoms with van der Waals surface area (Å²) < 4.78 is 12.2. The number of aromatic nitrogens is 2. The third-order valence-electron chi connectivity index (χ3n) is 4.52. The number of hydrogen-bond donors (Lipinski definition) is 0. The number of pyridine rings is 1. The fourth-order valence-corrected chi connectivity index (χ4v) is 3.05. The minimum atomic E-state index is -0.0491. The van der Waals surface area contributed by atoms with E-state index in [0.29, 0.717) is 12.2 Å². The molecule has 0 amide bonds. The molecule has 0 aliphatic carbocycles. The summed E-state index contributed by atoms with van der Waals surface area (Å²) >= 11 is 0. The molecule has 2 heterocycles. The Morgan fingerprint density at radius 3 is 2.59 bits per heavy atom. The monoisotopic (exact) mass is 367 g/mol. The van der Waals surface area contributed by atoms with E-state index in [-0.39, 0.29) is 5.56 Å². The molecule has 27 heavy (non-hydrogen) atoms. The van der Waals surface area contributed by atoms with Gasteiger partial charge in [0.25, 0.3) is 5.56 Å². The number of aryl methyl sites for hydroxylation is 1. The zero-order valence-corrected chi connectivity index (χ0v) is 16.2. The molecule has 0 aliphatic heterocycles. The van der Waals surface area contributed by atoms with Crippen LogP contribution in [0.25, 0.3) is 5.65 Å². The van der Waals surface area contributed by atoms with Gasteiger partial charge in [-0.25, -0.2) is 4.98 Å². The maximum atomic E-state index is 12.3. The van der Waals surface area contributed by atoms with Gasteiger partial charge in [0.05, 0.1) is 19.9 Å². The lowest BCUT2D eigenvalue weighted by Crippen LogP contribution is -2.24. The Hall–Kier alpha value is -2.86. The maximum absolute atomic E-state index is 12.3. The Bertz CT molecular complexity index is 998. The number of ether oxygens (including phenoxy) is 2. The van der Waals surface area contributed by atoms with Crippen LogP contribution in [-0.4, -0.2) is 42.1 Å². The molecule has 0 aliphatic rings. The van der Waals surface area contributed by atoms with E-state index in [4.69, 9.17) is 9.47 Å². The molecule has 0 bridgehead atoms. The summed E-state index contributed by atoms with van der Waals surface area (Å²) in [5.41, 5.74) is 3.61. The molecule has 0 atom stereocenters. The van der Waals surface area contributed by atoms with Gasteiger partial charge in [-0.3, -0.25) is 9.20 Å². The van der Waals surface area contributed by atoms with Gasteiger partial charge in [-0.05, 0) is 49.7 Å². The summed E-state index contributed by atoms with van der Waals surface area (Å²) in [5, 5.41) is 0. The van der Waals surface area contributed by atoms with Gasteiger partial charge in [0.15, 0.2) is 11.5 Å². The van der Waals surface area contributed by atoms with Gasteiger partial charge in [0.2, 0.25) is 0 Å². The lowest BCUT2D eigenvalue weighted by atomic mass is 10.1. The highest BCUT2D eigenvalue weighted by molar-refractivity contribution is 5.43. The fraction of sp³-hybridized carbons (Fsp3) is 0.333. The molecule has 0 radical (unpaired) electrons. The normalized spacial score (nSPS) is 11.1. The van der Waals surface area contributed by atoms with Crippen LogP contribution in [-0.2, 0) is 13.0 Å². The summed E-state index contributed by atoms with van der Waals surface area (Å²) in [5.74, 6) is 1.46. The minimum absolute atomic E-state index is 0.0491. The quantitative estimate of drug-likeness (QED) is 0.643. The summed E-state index contributed by atoms with van der Waals surface area (Å²) in [7, 11) is 5.30. The van der Waals surface area contributed by atoms with Crippen LogP contribution in [0.3, 0.4) is 0 Å². The zero-order valence-electron chi connectivity index (χ0n) is 16.2. The molecule has 0 fully saturated rings. The molecular formula is C21H25N3O3. The minimum Gasteiger partial charge on any atom is -0.493 e. The molecule has 0 saturated carbocycles. The second-order valence-corrected chi connectivity index (χ2v) is 6.70. The number of benzene rings is 1. The SMILES string of the molecule is COc1ccc(CCN(C)Cc2cc(=O)n3cc(C)ccc3n2)cc1OC. The van der Waals surface area contributed by atoms with Gasteiger partial charge in [-0.2, -0.15) is 0 Å². The molecule has 2 aromatic heterocycles. The summed E-state index contributed by atoms with van der Waals surface area (Å²) in [4.78, 5) is 19.1. The molecule has 0 N–H and O–H groups in total. The van der Waals surface area contributed by atoms with Crippen molar-refractivity contribution in [2.24, 2.45) is 0 Å². The molecule has 6 heteroatoms. The number of rotatable bonds is 7. The first-order valence-corrected chi connectivity index (χ1v) is 8.88. The van der Waals surface area contributed by atoms with Crippen molar-refractivity contribution in [2.45, 2.75) is 19.9 Å². The summed E-state index contributed by atoms with van der Waals surface area (Å²) in [6.07, 6.45) is 2.68. The van der Waals surface area contributed by atoms with Crippen molar-refractivity contribution < 1.29 is 9.47 Å². The number of likely N-dealkylation sites (N-methyl/N-ethyl adjacent to an activating group) is 1. The Morgan fingerprint density at radius 1 is 1.07 bits per heavy atom. The first kappa shape index (κ1) is 18.9. The van der Waals surface area contributed by atoms with E-state index in [2.05, 4.69) is 9.88 Å². The van der Waals surface area contributed by atoms with E-state index in [1.54, 1.807) is 24.7 Å². The number of fused-ring (bicyclic) bond motifs is 1. The zero-order chi connectivity index (χ0) is 19.4. The third kappa shape index (κ3) is 4.46. The molecule has 0 spiro atoms. The summed E-state index contributed by atoms with van der Waals surface area (Å²) in [6.45, 7) is 3.42. The molecule has 1 aromatic carbocycles. The van der Waals surface area contributed by atoms with Crippen LogP contribution in [0.4, 0.5) is 0 Å². The van der Waals surface area contributed by atoms with E-state index >= 15 is 0 Å². The van der Waals surface area contributed by atoms with Gasteiger partial charge < -0.3 is 14.4 Å². The van der Waals surface area contributed by atoms with Crippen LogP contribution in [0.15, 0.2) is 47.4 Å². The fourth-order valence-electron chi connectivity index (χ4n) is 3.05. The lowest BCUT2D eigenvalue weighted by molar-refractivity contribution is 0.326. The number of nitrogens with zero attached hydrogens (tertiary/aromatic N) is 3. The Balaban J connectivity index is 1.67. The van der Waals surface area contributed by atoms with Crippen LogP contribution in [0.2, 0.25) is 0 Å². The lowest BCUT2D eigenvalue weighted by Gasteiger charge is -2.17. The second kappa shape index (κ2) is 8.22. The standard InChI is InChI=1S/C21H25N3O3/c1-15-5-8-20-22-17(12-21(25)24(20)13-15)14-23(2)10-9-16-6-7-18(26-3)19(11-16)27-4/h5-8,11-13H,9-10,14H2,1-4H3. The largest absolute Gasteiger partial charge is 0.493 e. The van der Waals surface area contributed by atoms with E-state index in [0.717, 1.165) is 35.7 Å². The maximum Gasteiger partial charge on any atom is 0.258 e. The van der Waals surface area contributed by atoms with E-state index in [9.17, 15) is 4.79 Å². The van der Waals surface area contributed by atoms with E-state index in [1.807, 2.05) is 50.5 Å². The average molecular weight is 367 g/mol. The number of methoxy groups -OCH3 is 2. The molecule has 6 nitrogen and oxygen atoms in total. The Morgan fingerprint density at radius 2 is 1.85 bits per heavy atom.